The van der Waals surface area contributed by atoms with Crippen molar-refractivity contribution < 1.29 is 9.72 Å². The van der Waals surface area contributed by atoms with Crippen LogP contribution < -0.4 is 10.2 Å². The highest BCUT2D eigenvalue weighted by molar-refractivity contribution is 5.94. The largest absolute Gasteiger partial charge is 0.346 e. The number of piperidine rings is 1. The van der Waals surface area contributed by atoms with Crippen LogP contribution in [-0.4, -0.2) is 33.9 Å². The molecule has 3 rings (SSSR count). The van der Waals surface area contributed by atoms with E-state index in [9.17, 15) is 14.9 Å². The summed E-state index contributed by atoms with van der Waals surface area (Å²) in [6.45, 7) is 2.14. The van der Waals surface area contributed by atoms with Crippen molar-refractivity contribution in [2.75, 3.05) is 18.0 Å². The van der Waals surface area contributed by atoms with Crippen LogP contribution in [0.4, 0.5) is 11.6 Å². The Hall–Kier alpha value is -3.03. The number of non-ortho nitro benzene ring substituents is 1. The van der Waals surface area contributed by atoms with E-state index < -0.39 is 4.92 Å². The smallest absolute Gasteiger partial charge is 0.270 e. The third-order valence-corrected chi connectivity index (χ3v) is 4.09. The Morgan fingerprint density at radius 1 is 1.24 bits per heavy atom. The number of nitro benzene ring substituents is 1. The van der Waals surface area contributed by atoms with Crippen LogP contribution in [0.15, 0.2) is 36.5 Å². The third kappa shape index (κ3) is 4.28. The molecule has 130 valence electrons. The van der Waals surface area contributed by atoms with Crippen LogP contribution in [0.2, 0.25) is 0 Å². The second-order valence-electron chi connectivity index (χ2n) is 5.89. The van der Waals surface area contributed by atoms with Gasteiger partial charge in [-0.1, -0.05) is 6.07 Å². The number of rotatable bonds is 5. The fourth-order valence-corrected chi connectivity index (χ4v) is 2.76. The monoisotopic (exact) mass is 341 g/mol. The number of aromatic nitrogens is 2. The quantitative estimate of drug-likeness (QED) is 0.661. The van der Waals surface area contributed by atoms with Crippen LogP contribution in [-0.2, 0) is 6.54 Å². The van der Waals surface area contributed by atoms with E-state index >= 15 is 0 Å². The Labute approximate surface area is 145 Å². The van der Waals surface area contributed by atoms with Crippen LogP contribution in [0.5, 0.6) is 0 Å². The molecule has 1 aliphatic rings. The predicted molar refractivity (Wildman–Crippen MR) is 92.4 cm³/mol. The van der Waals surface area contributed by atoms with E-state index in [1.807, 2.05) is 0 Å². The molecule has 1 saturated heterocycles. The highest BCUT2D eigenvalue weighted by Gasteiger charge is 2.14. The summed E-state index contributed by atoms with van der Waals surface area (Å²) in [7, 11) is 0. The number of benzene rings is 1. The molecule has 1 N–H and O–H groups in total. The molecule has 1 fully saturated rings. The van der Waals surface area contributed by atoms with Crippen LogP contribution in [0, 0.1) is 10.1 Å². The maximum atomic E-state index is 12.2. The molecule has 0 bridgehead atoms. The van der Waals surface area contributed by atoms with Crippen molar-refractivity contribution in [2.45, 2.75) is 25.8 Å². The molecular weight excluding hydrogens is 322 g/mol. The van der Waals surface area contributed by atoms with Gasteiger partial charge in [0.15, 0.2) is 0 Å². The summed E-state index contributed by atoms with van der Waals surface area (Å²) in [5, 5.41) is 13.5. The van der Waals surface area contributed by atoms with Gasteiger partial charge in [0, 0.05) is 37.0 Å². The number of amides is 1. The van der Waals surface area contributed by atoms with E-state index in [1.54, 1.807) is 18.3 Å². The Morgan fingerprint density at radius 3 is 2.80 bits per heavy atom. The van der Waals surface area contributed by atoms with E-state index in [0.717, 1.165) is 25.9 Å². The van der Waals surface area contributed by atoms with Crippen molar-refractivity contribution in [3.8, 4) is 0 Å². The number of carbonyl (C=O) groups is 1. The van der Waals surface area contributed by atoms with Crippen LogP contribution >= 0.6 is 0 Å². The molecule has 1 amide bonds. The molecule has 8 heteroatoms. The average Bonchev–Trinajstić information content (AvgIpc) is 2.67. The summed E-state index contributed by atoms with van der Waals surface area (Å²) < 4.78 is 0. The molecule has 0 aliphatic carbocycles. The second-order valence-corrected chi connectivity index (χ2v) is 5.89. The van der Waals surface area contributed by atoms with Gasteiger partial charge < -0.3 is 10.2 Å². The zero-order valence-electron chi connectivity index (χ0n) is 13.7. The molecule has 0 saturated carbocycles. The Balaban J connectivity index is 1.64. The van der Waals surface area contributed by atoms with Crippen molar-refractivity contribution in [3.05, 3.63) is 57.9 Å². The molecule has 1 aliphatic heterocycles. The second kappa shape index (κ2) is 7.69. The first-order chi connectivity index (χ1) is 12.1. The molecule has 2 aromatic rings. The number of carbonyl (C=O) groups excluding carboxylic acids is 1. The first kappa shape index (κ1) is 16.8. The van der Waals surface area contributed by atoms with Gasteiger partial charge >= 0.3 is 0 Å². The highest BCUT2D eigenvalue weighted by Crippen LogP contribution is 2.16. The van der Waals surface area contributed by atoms with Gasteiger partial charge in [-0.05, 0) is 31.4 Å². The molecule has 0 unspecified atom stereocenters. The lowest BCUT2D eigenvalue weighted by molar-refractivity contribution is -0.384. The van der Waals surface area contributed by atoms with Gasteiger partial charge in [-0.2, -0.15) is 0 Å². The van der Waals surface area contributed by atoms with Crippen molar-refractivity contribution in [1.29, 1.82) is 0 Å². The number of nitrogens with one attached hydrogen (secondary N) is 1. The molecule has 0 spiro atoms. The normalized spacial score (nSPS) is 14.2. The number of anilines is 1. The fourth-order valence-electron chi connectivity index (χ4n) is 2.76. The van der Waals surface area contributed by atoms with Gasteiger partial charge in [0.1, 0.15) is 0 Å². The van der Waals surface area contributed by atoms with Crippen LogP contribution in [0.1, 0.15) is 35.3 Å². The fraction of sp³-hybridized carbons (Fsp3) is 0.353. The van der Waals surface area contributed by atoms with E-state index in [1.165, 1.54) is 24.6 Å². The maximum Gasteiger partial charge on any atom is 0.270 e. The lowest BCUT2D eigenvalue weighted by Gasteiger charge is -2.26. The van der Waals surface area contributed by atoms with E-state index in [-0.39, 0.29) is 23.7 Å². The molecule has 0 atom stereocenters. The lowest BCUT2D eigenvalue weighted by Crippen LogP contribution is -2.31. The zero-order chi connectivity index (χ0) is 17.6. The van der Waals surface area contributed by atoms with E-state index in [2.05, 4.69) is 20.2 Å². The van der Waals surface area contributed by atoms with Crippen molar-refractivity contribution in [3.63, 3.8) is 0 Å². The molecule has 1 aromatic carbocycles. The molecular formula is C17H19N5O3. The van der Waals surface area contributed by atoms with Crippen molar-refractivity contribution in [2.24, 2.45) is 0 Å². The molecule has 25 heavy (non-hydrogen) atoms. The van der Waals surface area contributed by atoms with Crippen molar-refractivity contribution >= 4 is 17.5 Å². The van der Waals surface area contributed by atoms with Gasteiger partial charge in [-0.15, -0.1) is 0 Å². The minimum atomic E-state index is -0.522. The minimum absolute atomic E-state index is 0.109. The molecule has 1 aromatic heterocycles. The number of nitrogens with zero attached hydrogens (tertiary/aromatic N) is 4. The van der Waals surface area contributed by atoms with E-state index in [0.29, 0.717) is 11.6 Å². The van der Waals surface area contributed by atoms with Crippen LogP contribution in [0.25, 0.3) is 0 Å². The maximum absolute atomic E-state index is 12.2. The van der Waals surface area contributed by atoms with Gasteiger partial charge in [-0.3, -0.25) is 14.9 Å². The van der Waals surface area contributed by atoms with Gasteiger partial charge in [0.05, 0.1) is 17.2 Å². The number of hydrogen-bond acceptors (Lipinski definition) is 6. The molecule has 2 heterocycles. The zero-order valence-corrected chi connectivity index (χ0v) is 13.7. The number of hydrogen-bond donors (Lipinski definition) is 1. The minimum Gasteiger partial charge on any atom is -0.346 e. The topological polar surface area (TPSA) is 101 Å². The predicted octanol–water partition coefficient (Wildman–Crippen LogP) is 2.31. The summed E-state index contributed by atoms with van der Waals surface area (Å²) in [6.07, 6.45) is 5.19. The first-order valence-electron chi connectivity index (χ1n) is 8.23. The number of nitro groups is 1. The summed E-state index contributed by atoms with van der Waals surface area (Å²) in [5.41, 5.74) is 0.843. The summed E-state index contributed by atoms with van der Waals surface area (Å²) in [4.78, 5) is 33.4. The molecule has 8 nitrogen and oxygen atoms in total. The Bertz CT molecular complexity index is 774. The van der Waals surface area contributed by atoms with Gasteiger partial charge in [0.2, 0.25) is 5.95 Å². The Morgan fingerprint density at radius 2 is 2.04 bits per heavy atom. The summed E-state index contributed by atoms with van der Waals surface area (Å²) >= 11 is 0. The first-order valence-corrected chi connectivity index (χ1v) is 8.23. The van der Waals surface area contributed by atoms with Crippen molar-refractivity contribution in [1.82, 2.24) is 15.3 Å². The standard InChI is InChI=1S/C17H19N5O3/c23-16(13-5-4-6-15(11-13)22(24)25)19-12-14-7-8-18-17(20-14)21-9-2-1-3-10-21/h4-8,11H,1-3,9-10,12H2,(H,19,23). The average molecular weight is 341 g/mol. The summed E-state index contributed by atoms with van der Waals surface area (Å²) in [5.74, 6) is 0.309. The lowest BCUT2D eigenvalue weighted by atomic mass is 10.1. The van der Waals surface area contributed by atoms with Gasteiger partial charge in [-0.25, -0.2) is 9.97 Å². The Kier molecular flexibility index (Phi) is 5.17. The highest BCUT2D eigenvalue weighted by atomic mass is 16.6. The third-order valence-electron chi connectivity index (χ3n) is 4.09. The van der Waals surface area contributed by atoms with E-state index in [4.69, 9.17) is 0 Å². The molecule has 0 radical (unpaired) electrons. The summed E-state index contributed by atoms with van der Waals surface area (Å²) in [6, 6.07) is 7.40. The SMILES string of the molecule is O=C(NCc1ccnc(N2CCCCC2)n1)c1cccc([N+](=O)[O-])c1. The van der Waals surface area contributed by atoms with Gasteiger partial charge in [0.25, 0.3) is 11.6 Å². The van der Waals surface area contributed by atoms with Crippen LogP contribution in [0.3, 0.4) is 0 Å².